The van der Waals surface area contributed by atoms with Gasteiger partial charge in [0.1, 0.15) is 17.1 Å². The van der Waals surface area contributed by atoms with Crippen LogP contribution in [0, 0.1) is 0 Å². The average Bonchev–Trinajstić information content (AvgIpc) is 2.41. The zero-order valence-corrected chi connectivity index (χ0v) is 11.3. The van der Waals surface area contributed by atoms with Gasteiger partial charge in [0, 0.05) is 12.0 Å². The quantitative estimate of drug-likeness (QED) is 0.857. The molecule has 1 aromatic carbocycles. The summed E-state index contributed by atoms with van der Waals surface area (Å²) in [6.07, 6.45) is 2.13. The Morgan fingerprint density at radius 2 is 2.21 bits per heavy atom. The molecule has 19 heavy (non-hydrogen) atoms. The number of nitrogens with one attached hydrogen (secondary N) is 1. The fourth-order valence-electron chi connectivity index (χ4n) is 3.06. The number of ether oxygens (including phenoxy) is 2. The van der Waals surface area contributed by atoms with Crippen LogP contribution in [0.15, 0.2) is 18.2 Å². The van der Waals surface area contributed by atoms with Gasteiger partial charge >= 0.3 is 0 Å². The summed E-state index contributed by atoms with van der Waals surface area (Å²) in [5.74, 6) is 1.61. The maximum Gasteiger partial charge on any atom is 0.126 e. The molecule has 0 radical (unpaired) electrons. The average molecular weight is 263 g/mol. The summed E-state index contributed by atoms with van der Waals surface area (Å²) in [6, 6.07) is 5.74. The molecule has 1 aromatic rings. The van der Waals surface area contributed by atoms with Gasteiger partial charge in [0.2, 0.25) is 0 Å². The van der Waals surface area contributed by atoms with Crippen molar-refractivity contribution in [1.29, 1.82) is 0 Å². The lowest BCUT2D eigenvalue weighted by Gasteiger charge is -2.43. The topological polar surface area (TPSA) is 50.7 Å². The largest absolute Gasteiger partial charge is 0.494 e. The molecule has 0 bridgehead atoms. The standard InChI is InChI=1S/C15H21NO3/c1-2-18-11-3-4-14-12(9-11)13(17)10-15(19-14)5-7-16-8-6-15/h3-4,9,13,16-17H,2,5-8,10H2,1H3. The molecule has 4 heteroatoms. The van der Waals surface area contributed by atoms with Gasteiger partial charge in [-0.25, -0.2) is 0 Å². The van der Waals surface area contributed by atoms with E-state index in [0.29, 0.717) is 13.0 Å². The molecular formula is C15H21NO3. The summed E-state index contributed by atoms with van der Waals surface area (Å²) >= 11 is 0. The maximum absolute atomic E-state index is 10.4. The zero-order chi connectivity index (χ0) is 13.3. The van der Waals surface area contributed by atoms with Crippen molar-refractivity contribution in [3.05, 3.63) is 23.8 Å². The van der Waals surface area contributed by atoms with E-state index in [4.69, 9.17) is 9.47 Å². The Morgan fingerprint density at radius 1 is 1.42 bits per heavy atom. The van der Waals surface area contributed by atoms with Crippen molar-refractivity contribution in [3.63, 3.8) is 0 Å². The molecule has 0 aliphatic carbocycles. The predicted octanol–water partition coefficient (Wildman–Crippen LogP) is 2.02. The Labute approximate surface area is 113 Å². The lowest BCUT2D eigenvalue weighted by molar-refractivity contribution is -0.0338. The molecule has 3 rings (SSSR count). The number of hydrogen-bond donors (Lipinski definition) is 2. The number of piperidine rings is 1. The lowest BCUT2D eigenvalue weighted by Crippen LogP contribution is -2.49. The number of aliphatic hydroxyl groups is 1. The van der Waals surface area contributed by atoms with Crippen LogP contribution in [0.1, 0.15) is 37.9 Å². The van der Waals surface area contributed by atoms with E-state index in [1.807, 2.05) is 25.1 Å². The van der Waals surface area contributed by atoms with Crippen LogP contribution < -0.4 is 14.8 Å². The number of aliphatic hydroxyl groups excluding tert-OH is 1. The first-order valence-corrected chi connectivity index (χ1v) is 7.07. The van der Waals surface area contributed by atoms with Crippen LogP contribution in [-0.2, 0) is 0 Å². The highest BCUT2D eigenvalue weighted by atomic mass is 16.5. The van der Waals surface area contributed by atoms with Crippen LogP contribution in [0.4, 0.5) is 0 Å². The predicted molar refractivity (Wildman–Crippen MR) is 72.7 cm³/mol. The fourth-order valence-corrected chi connectivity index (χ4v) is 3.06. The van der Waals surface area contributed by atoms with Gasteiger partial charge in [0.05, 0.1) is 12.7 Å². The van der Waals surface area contributed by atoms with Gasteiger partial charge in [-0.3, -0.25) is 0 Å². The summed E-state index contributed by atoms with van der Waals surface area (Å²) in [7, 11) is 0. The van der Waals surface area contributed by atoms with Crippen molar-refractivity contribution < 1.29 is 14.6 Å². The second-order valence-corrected chi connectivity index (χ2v) is 5.39. The Balaban J connectivity index is 1.88. The minimum absolute atomic E-state index is 0.190. The van der Waals surface area contributed by atoms with Gasteiger partial charge in [-0.2, -0.15) is 0 Å². The van der Waals surface area contributed by atoms with E-state index >= 15 is 0 Å². The highest BCUT2D eigenvalue weighted by Crippen LogP contribution is 2.44. The monoisotopic (exact) mass is 263 g/mol. The minimum atomic E-state index is -0.456. The molecule has 2 heterocycles. The number of hydrogen-bond acceptors (Lipinski definition) is 4. The highest BCUT2D eigenvalue weighted by molar-refractivity contribution is 5.43. The smallest absolute Gasteiger partial charge is 0.126 e. The first kappa shape index (κ1) is 12.8. The maximum atomic E-state index is 10.4. The molecule has 2 aliphatic heterocycles. The van der Waals surface area contributed by atoms with E-state index in [-0.39, 0.29) is 5.60 Å². The van der Waals surface area contributed by atoms with Gasteiger partial charge in [-0.05, 0) is 51.1 Å². The van der Waals surface area contributed by atoms with Crippen molar-refractivity contribution in [2.45, 2.75) is 37.9 Å². The molecule has 0 aromatic heterocycles. The highest BCUT2D eigenvalue weighted by Gasteiger charge is 2.41. The molecule has 1 saturated heterocycles. The van der Waals surface area contributed by atoms with E-state index in [1.54, 1.807) is 0 Å². The second-order valence-electron chi connectivity index (χ2n) is 5.39. The Hall–Kier alpha value is -1.26. The third-order valence-corrected chi connectivity index (χ3v) is 4.06. The molecule has 1 spiro atoms. The van der Waals surface area contributed by atoms with Crippen molar-refractivity contribution in [3.8, 4) is 11.5 Å². The molecular weight excluding hydrogens is 242 g/mol. The normalized spacial score (nSPS) is 24.6. The van der Waals surface area contributed by atoms with Crippen LogP contribution in [0.5, 0.6) is 11.5 Å². The van der Waals surface area contributed by atoms with E-state index in [2.05, 4.69) is 5.32 Å². The minimum Gasteiger partial charge on any atom is -0.494 e. The first-order chi connectivity index (χ1) is 9.22. The van der Waals surface area contributed by atoms with Crippen molar-refractivity contribution in [2.75, 3.05) is 19.7 Å². The molecule has 0 amide bonds. The third kappa shape index (κ3) is 2.42. The third-order valence-electron chi connectivity index (χ3n) is 4.06. The summed E-state index contributed by atoms with van der Waals surface area (Å²) in [5, 5.41) is 13.8. The number of fused-ring (bicyclic) bond motifs is 1. The molecule has 104 valence electrons. The van der Waals surface area contributed by atoms with Gasteiger partial charge in [0.15, 0.2) is 0 Å². The van der Waals surface area contributed by atoms with Crippen molar-refractivity contribution >= 4 is 0 Å². The molecule has 1 atom stereocenters. The zero-order valence-electron chi connectivity index (χ0n) is 11.3. The van der Waals surface area contributed by atoms with Crippen LogP contribution in [0.25, 0.3) is 0 Å². The van der Waals surface area contributed by atoms with Gasteiger partial charge < -0.3 is 19.9 Å². The van der Waals surface area contributed by atoms with Gasteiger partial charge in [-0.15, -0.1) is 0 Å². The molecule has 1 unspecified atom stereocenters. The van der Waals surface area contributed by atoms with E-state index < -0.39 is 6.10 Å². The number of benzene rings is 1. The van der Waals surface area contributed by atoms with Crippen LogP contribution in [0.3, 0.4) is 0 Å². The first-order valence-electron chi connectivity index (χ1n) is 7.07. The van der Waals surface area contributed by atoms with Gasteiger partial charge in [0.25, 0.3) is 0 Å². The molecule has 0 saturated carbocycles. The molecule has 2 aliphatic rings. The summed E-state index contributed by atoms with van der Waals surface area (Å²) < 4.78 is 11.7. The molecule has 4 nitrogen and oxygen atoms in total. The second kappa shape index (κ2) is 5.02. The van der Waals surface area contributed by atoms with E-state index in [9.17, 15) is 5.11 Å². The SMILES string of the molecule is CCOc1ccc2c(c1)C(O)CC1(CCNCC1)O2. The van der Waals surface area contributed by atoms with Crippen LogP contribution in [-0.4, -0.2) is 30.4 Å². The van der Waals surface area contributed by atoms with E-state index in [1.165, 1.54) is 0 Å². The summed E-state index contributed by atoms with van der Waals surface area (Å²) in [4.78, 5) is 0. The van der Waals surface area contributed by atoms with E-state index in [0.717, 1.165) is 43.0 Å². The van der Waals surface area contributed by atoms with Crippen LogP contribution >= 0.6 is 0 Å². The number of rotatable bonds is 2. The lowest BCUT2D eigenvalue weighted by atomic mass is 9.82. The van der Waals surface area contributed by atoms with Crippen molar-refractivity contribution in [2.24, 2.45) is 0 Å². The summed E-state index contributed by atoms with van der Waals surface area (Å²) in [5.41, 5.74) is 0.667. The molecule has 2 N–H and O–H groups in total. The Morgan fingerprint density at radius 3 is 2.95 bits per heavy atom. The van der Waals surface area contributed by atoms with Crippen molar-refractivity contribution in [1.82, 2.24) is 5.32 Å². The Bertz CT molecular complexity index is 455. The summed E-state index contributed by atoms with van der Waals surface area (Å²) in [6.45, 7) is 4.50. The fraction of sp³-hybridized carbons (Fsp3) is 0.600. The van der Waals surface area contributed by atoms with Gasteiger partial charge in [-0.1, -0.05) is 0 Å². The molecule has 1 fully saturated rings. The van der Waals surface area contributed by atoms with Crippen LogP contribution in [0.2, 0.25) is 0 Å². The Kier molecular flexibility index (Phi) is 3.37.